The van der Waals surface area contributed by atoms with E-state index in [-0.39, 0.29) is 36.0 Å². The molecular formula is C18H19NO3. The van der Waals surface area contributed by atoms with Crippen molar-refractivity contribution < 1.29 is 14.4 Å². The van der Waals surface area contributed by atoms with Gasteiger partial charge in [-0.05, 0) is 38.3 Å². The number of carbonyl (C=O) groups excluding carboxylic acids is 3. The minimum absolute atomic E-state index is 0.144. The fraction of sp³-hybridized carbons (Fsp3) is 0.389. The van der Waals surface area contributed by atoms with E-state index in [1.807, 2.05) is 44.2 Å². The smallest absolute Gasteiger partial charge is 0.233 e. The van der Waals surface area contributed by atoms with E-state index in [0.717, 1.165) is 16.0 Å². The van der Waals surface area contributed by atoms with Crippen molar-refractivity contribution in [2.75, 3.05) is 6.54 Å². The van der Waals surface area contributed by atoms with E-state index in [9.17, 15) is 14.4 Å². The van der Waals surface area contributed by atoms with Crippen LogP contribution >= 0.6 is 0 Å². The molecule has 0 spiro atoms. The summed E-state index contributed by atoms with van der Waals surface area (Å²) in [5.41, 5.74) is 2.45. The zero-order valence-corrected chi connectivity index (χ0v) is 12.8. The van der Waals surface area contributed by atoms with Crippen molar-refractivity contribution in [2.24, 2.45) is 11.8 Å². The second-order valence-corrected chi connectivity index (χ2v) is 6.16. The molecule has 2 aliphatic rings. The zero-order chi connectivity index (χ0) is 15.9. The summed E-state index contributed by atoms with van der Waals surface area (Å²) in [5, 5.41) is 0. The van der Waals surface area contributed by atoms with E-state index in [1.165, 1.54) is 0 Å². The highest BCUT2D eigenvalue weighted by Gasteiger charge is 2.47. The Bertz CT molecular complexity index is 664. The van der Waals surface area contributed by atoms with Gasteiger partial charge in [-0.1, -0.05) is 29.8 Å². The quantitative estimate of drug-likeness (QED) is 0.489. The fourth-order valence-electron chi connectivity index (χ4n) is 3.29. The third-order valence-corrected chi connectivity index (χ3v) is 4.59. The SMILES string of the molecule is Cc1ccc(C)c(C(=O)CN2C(=O)[C@H]3CC=CC[C@@H]3C2=O)c1. The van der Waals surface area contributed by atoms with Crippen LogP contribution in [0.25, 0.3) is 0 Å². The van der Waals surface area contributed by atoms with Gasteiger partial charge in [0.1, 0.15) is 0 Å². The standard InChI is InChI=1S/C18H19NO3/c1-11-7-8-12(2)15(9-11)16(20)10-19-17(21)13-5-3-4-6-14(13)18(19)22/h3-4,7-9,13-14H,5-6,10H2,1-2H3/t13-,14-/m0/s1. The first-order chi connectivity index (χ1) is 10.5. The van der Waals surface area contributed by atoms with Gasteiger partial charge in [0.15, 0.2) is 5.78 Å². The molecule has 0 unspecified atom stereocenters. The van der Waals surface area contributed by atoms with Crippen LogP contribution in [-0.4, -0.2) is 29.0 Å². The monoisotopic (exact) mass is 297 g/mol. The molecule has 114 valence electrons. The number of benzene rings is 1. The first-order valence-electron chi connectivity index (χ1n) is 7.59. The maximum absolute atomic E-state index is 12.5. The number of likely N-dealkylation sites (tertiary alicyclic amines) is 1. The molecule has 2 atom stereocenters. The predicted octanol–water partition coefficient (Wildman–Crippen LogP) is 2.44. The Morgan fingerprint density at radius 3 is 2.27 bits per heavy atom. The number of fused-ring (bicyclic) bond motifs is 1. The normalized spacial score (nSPS) is 23.8. The lowest BCUT2D eigenvalue weighted by Gasteiger charge is -2.15. The highest BCUT2D eigenvalue weighted by molar-refractivity contribution is 6.10. The molecule has 1 aromatic carbocycles. The van der Waals surface area contributed by atoms with E-state index in [0.29, 0.717) is 18.4 Å². The average molecular weight is 297 g/mol. The molecule has 1 aliphatic carbocycles. The lowest BCUT2D eigenvalue weighted by molar-refractivity contribution is -0.139. The molecule has 0 aromatic heterocycles. The number of ketones is 1. The molecule has 1 aromatic rings. The second-order valence-electron chi connectivity index (χ2n) is 6.16. The lowest BCUT2D eigenvalue weighted by atomic mass is 9.85. The van der Waals surface area contributed by atoms with Gasteiger partial charge in [0.2, 0.25) is 11.8 Å². The van der Waals surface area contributed by atoms with Crippen LogP contribution in [0.3, 0.4) is 0 Å². The summed E-state index contributed by atoms with van der Waals surface area (Å²) in [5.74, 6) is -1.11. The molecule has 4 nitrogen and oxygen atoms in total. The van der Waals surface area contributed by atoms with Crippen LogP contribution in [0.15, 0.2) is 30.4 Å². The molecule has 2 amide bonds. The molecular weight excluding hydrogens is 278 g/mol. The maximum Gasteiger partial charge on any atom is 0.233 e. The Hall–Kier alpha value is -2.23. The van der Waals surface area contributed by atoms with Crippen LogP contribution in [0.5, 0.6) is 0 Å². The van der Waals surface area contributed by atoms with E-state index >= 15 is 0 Å². The summed E-state index contributed by atoms with van der Waals surface area (Å²) in [6.07, 6.45) is 5.09. The minimum Gasteiger partial charge on any atom is -0.292 e. The van der Waals surface area contributed by atoms with E-state index in [1.54, 1.807) is 0 Å². The Balaban J connectivity index is 1.81. The molecule has 0 N–H and O–H groups in total. The van der Waals surface area contributed by atoms with Crippen molar-refractivity contribution in [3.8, 4) is 0 Å². The van der Waals surface area contributed by atoms with Gasteiger partial charge in [-0.3, -0.25) is 19.3 Å². The first kappa shape index (κ1) is 14.7. The molecule has 1 heterocycles. The number of nitrogens with zero attached hydrogens (tertiary/aromatic N) is 1. The van der Waals surface area contributed by atoms with Gasteiger partial charge in [0, 0.05) is 5.56 Å². The molecule has 1 saturated heterocycles. The molecule has 3 rings (SSSR count). The zero-order valence-electron chi connectivity index (χ0n) is 12.8. The summed E-state index contributed by atoms with van der Waals surface area (Å²) < 4.78 is 0. The summed E-state index contributed by atoms with van der Waals surface area (Å²) in [7, 11) is 0. The van der Waals surface area contributed by atoms with E-state index in [2.05, 4.69) is 0 Å². The van der Waals surface area contributed by atoms with Gasteiger partial charge < -0.3 is 0 Å². The van der Waals surface area contributed by atoms with Crippen LogP contribution in [-0.2, 0) is 9.59 Å². The number of hydrogen-bond donors (Lipinski definition) is 0. The summed E-state index contributed by atoms with van der Waals surface area (Å²) in [6.45, 7) is 3.64. The topological polar surface area (TPSA) is 54.5 Å². The van der Waals surface area contributed by atoms with E-state index < -0.39 is 0 Å². The van der Waals surface area contributed by atoms with Crippen molar-refractivity contribution in [2.45, 2.75) is 26.7 Å². The molecule has 0 saturated carbocycles. The summed E-state index contributed by atoms with van der Waals surface area (Å²) in [4.78, 5) is 38.4. The Morgan fingerprint density at radius 2 is 1.68 bits per heavy atom. The predicted molar refractivity (Wildman–Crippen MR) is 82.3 cm³/mol. The Kier molecular flexibility index (Phi) is 3.69. The van der Waals surface area contributed by atoms with Crippen molar-refractivity contribution in [1.29, 1.82) is 0 Å². The number of imide groups is 1. The number of allylic oxidation sites excluding steroid dienone is 2. The summed E-state index contributed by atoms with van der Waals surface area (Å²) >= 11 is 0. The van der Waals surface area contributed by atoms with Crippen LogP contribution in [0, 0.1) is 25.7 Å². The second kappa shape index (κ2) is 5.52. The maximum atomic E-state index is 12.5. The molecule has 1 fully saturated rings. The number of hydrogen-bond acceptors (Lipinski definition) is 3. The van der Waals surface area contributed by atoms with Gasteiger partial charge >= 0.3 is 0 Å². The Morgan fingerprint density at radius 1 is 1.09 bits per heavy atom. The molecule has 1 aliphatic heterocycles. The lowest BCUT2D eigenvalue weighted by Crippen LogP contribution is -2.36. The molecule has 4 heteroatoms. The highest BCUT2D eigenvalue weighted by Crippen LogP contribution is 2.35. The molecule has 0 bridgehead atoms. The van der Waals surface area contributed by atoms with Gasteiger partial charge in [0.25, 0.3) is 0 Å². The van der Waals surface area contributed by atoms with E-state index in [4.69, 9.17) is 0 Å². The third-order valence-electron chi connectivity index (χ3n) is 4.59. The van der Waals surface area contributed by atoms with Gasteiger partial charge in [0.05, 0.1) is 18.4 Å². The number of carbonyl (C=O) groups is 3. The largest absolute Gasteiger partial charge is 0.292 e. The average Bonchev–Trinajstić information content (AvgIpc) is 2.75. The number of amides is 2. The number of aryl methyl sites for hydroxylation is 2. The summed E-state index contributed by atoms with van der Waals surface area (Å²) in [6, 6.07) is 5.65. The van der Waals surface area contributed by atoms with Crippen molar-refractivity contribution >= 4 is 17.6 Å². The molecule has 0 radical (unpaired) electrons. The Labute approximate surface area is 129 Å². The highest BCUT2D eigenvalue weighted by atomic mass is 16.2. The molecule has 22 heavy (non-hydrogen) atoms. The first-order valence-corrected chi connectivity index (χ1v) is 7.59. The van der Waals surface area contributed by atoms with Crippen LogP contribution in [0.1, 0.15) is 34.3 Å². The van der Waals surface area contributed by atoms with Gasteiger partial charge in [-0.15, -0.1) is 0 Å². The van der Waals surface area contributed by atoms with Crippen LogP contribution in [0.2, 0.25) is 0 Å². The van der Waals surface area contributed by atoms with Gasteiger partial charge in [-0.25, -0.2) is 0 Å². The van der Waals surface area contributed by atoms with Gasteiger partial charge in [-0.2, -0.15) is 0 Å². The van der Waals surface area contributed by atoms with Crippen molar-refractivity contribution in [1.82, 2.24) is 4.90 Å². The van der Waals surface area contributed by atoms with Crippen LogP contribution < -0.4 is 0 Å². The fourth-order valence-corrected chi connectivity index (χ4v) is 3.29. The number of Topliss-reactive ketones (excluding diaryl/α,β-unsaturated/α-hetero) is 1. The third kappa shape index (κ3) is 2.39. The van der Waals surface area contributed by atoms with Crippen molar-refractivity contribution in [3.63, 3.8) is 0 Å². The minimum atomic E-state index is -0.274. The number of rotatable bonds is 3. The van der Waals surface area contributed by atoms with Crippen molar-refractivity contribution in [3.05, 3.63) is 47.0 Å². The van der Waals surface area contributed by atoms with Crippen LogP contribution in [0.4, 0.5) is 0 Å².